The summed E-state index contributed by atoms with van der Waals surface area (Å²) in [6.07, 6.45) is 0. The summed E-state index contributed by atoms with van der Waals surface area (Å²) in [6, 6.07) is 48.4. The predicted molar refractivity (Wildman–Crippen MR) is 184 cm³/mol. The summed E-state index contributed by atoms with van der Waals surface area (Å²) in [5.74, 6) is 1.92. The zero-order valence-corrected chi connectivity index (χ0v) is 24.0. The van der Waals surface area contributed by atoms with Gasteiger partial charge < -0.3 is 4.42 Å². The highest BCUT2D eigenvalue weighted by Gasteiger charge is 2.22. The monoisotopic (exact) mass is 573 g/mol. The zero-order valence-electron chi connectivity index (χ0n) is 24.0. The fraction of sp³-hybridized carbons (Fsp3) is 0. The molecule has 0 atom stereocenters. The largest absolute Gasteiger partial charge is 0.455 e. The lowest BCUT2D eigenvalue weighted by molar-refractivity contribution is 0.670. The maximum absolute atomic E-state index is 6.72. The number of benzene rings is 8. The number of rotatable bonds is 4. The molecule has 2 aromatic heterocycles. The number of hydrogen-bond donors (Lipinski definition) is 0. The van der Waals surface area contributed by atoms with Gasteiger partial charge in [-0.25, -0.2) is 15.0 Å². The lowest BCUT2D eigenvalue weighted by Gasteiger charge is -2.13. The van der Waals surface area contributed by atoms with Crippen molar-refractivity contribution in [2.45, 2.75) is 0 Å². The number of furan rings is 1. The Morgan fingerprint density at radius 3 is 1.69 bits per heavy atom. The van der Waals surface area contributed by atoms with Gasteiger partial charge in [0.15, 0.2) is 17.5 Å². The molecule has 10 aromatic rings. The summed E-state index contributed by atoms with van der Waals surface area (Å²) in [4.78, 5) is 14.8. The Bertz CT molecular complexity index is 2640. The molecule has 0 aliphatic rings. The summed E-state index contributed by atoms with van der Waals surface area (Å²) in [5, 5.41) is 9.95. The SMILES string of the molecule is c1ccc(-c2nc(-c3ccccc3)nc(-c3cccc(-c4ccc5c6cccc7ccc8ccc9oc4c5c9c8c76)c3)n2)cc1. The van der Waals surface area contributed by atoms with Crippen LogP contribution in [0.25, 0.3) is 99.5 Å². The first kappa shape index (κ1) is 24.3. The molecular weight excluding hydrogens is 550 g/mol. The zero-order chi connectivity index (χ0) is 29.5. The van der Waals surface area contributed by atoms with Crippen LogP contribution in [-0.4, -0.2) is 15.0 Å². The Morgan fingerprint density at radius 2 is 0.956 bits per heavy atom. The first-order valence-electron chi connectivity index (χ1n) is 15.1. The fourth-order valence-corrected chi connectivity index (χ4v) is 7.00. The van der Waals surface area contributed by atoms with Crippen LogP contribution in [0.15, 0.2) is 144 Å². The third-order valence-electron chi connectivity index (χ3n) is 9.03. The molecule has 0 aliphatic carbocycles. The molecule has 0 bridgehead atoms. The molecule has 4 nitrogen and oxygen atoms in total. The van der Waals surface area contributed by atoms with Crippen LogP contribution in [-0.2, 0) is 0 Å². The van der Waals surface area contributed by atoms with E-state index in [0.29, 0.717) is 17.5 Å². The van der Waals surface area contributed by atoms with Gasteiger partial charge in [0, 0.05) is 38.4 Å². The number of aromatic nitrogens is 3. The maximum atomic E-state index is 6.72. The summed E-state index contributed by atoms with van der Waals surface area (Å²) < 4.78 is 6.72. The van der Waals surface area contributed by atoms with Gasteiger partial charge >= 0.3 is 0 Å². The van der Waals surface area contributed by atoms with Crippen molar-refractivity contribution >= 4 is 54.3 Å². The van der Waals surface area contributed by atoms with E-state index in [4.69, 9.17) is 19.4 Å². The molecular formula is C41H23N3O. The Hall–Kier alpha value is -6.13. The van der Waals surface area contributed by atoms with Gasteiger partial charge in [0.05, 0.1) is 0 Å². The van der Waals surface area contributed by atoms with Crippen LogP contribution in [0.1, 0.15) is 0 Å². The van der Waals surface area contributed by atoms with Crippen molar-refractivity contribution in [1.82, 2.24) is 15.0 Å². The minimum absolute atomic E-state index is 0.630. The molecule has 10 rings (SSSR count). The van der Waals surface area contributed by atoms with Crippen LogP contribution >= 0.6 is 0 Å². The van der Waals surface area contributed by atoms with Crippen LogP contribution in [0.2, 0.25) is 0 Å². The lowest BCUT2D eigenvalue weighted by atomic mass is 9.88. The molecule has 0 spiro atoms. The van der Waals surface area contributed by atoms with E-state index >= 15 is 0 Å². The molecule has 0 saturated carbocycles. The predicted octanol–water partition coefficient (Wildman–Crippen LogP) is 10.8. The van der Waals surface area contributed by atoms with E-state index in [2.05, 4.69) is 78.9 Å². The molecule has 2 heterocycles. The van der Waals surface area contributed by atoms with Crippen LogP contribution in [0, 0.1) is 0 Å². The van der Waals surface area contributed by atoms with E-state index in [0.717, 1.165) is 39.0 Å². The van der Waals surface area contributed by atoms with Gasteiger partial charge in [0.1, 0.15) is 11.2 Å². The standard InChI is InChI=1S/C41H23N3O/c1-3-9-26(10-4-1)39-42-40(27-11-5-2-6-12-27)44-41(43-39)29-15-7-14-28(23-29)30-20-21-32-31-16-8-13-24-17-18-25-19-22-33-37(35(25)34(24)31)36(32)38(30)45-33/h1-23H. The van der Waals surface area contributed by atoms with E-state index < -0.39 is 0 Å². The molecule has 0 amide bonds. The number of nitrogens with zero attached hydrogens (tertiary/aromatic N) is 3. The van der Waals surface area contributed by atoms with Crippen LogP contribution in [0.4, 0.5) is 0 Å². The molecule has 0 fully saturated rings. The van der Waals surface area contributed by atoms with Gasteiger partial charge in [-0.2, -0.15) is 0 Å². The van der Waals surface area contributed by atoms with Gasteiger partial charge in [-0.1, -0.05) is 121 Å². The number of hydrogen-bond acceptors (Lipinski definition) is 4. The fourth-order valence-electron chi connectivity index (χ4n) is 7.00. The molecule has 0 aliphatic heterocycles. The van der Waals surface area contributed by atoms with Crippen molar-refractivity contribution in [2.24, 2.45) is 0 Å². The first-order chi connectivity index (χ1) is 22.3. The number of fused-ring (bicyclic) bond motifs is 1. The summed E-state index contributed by atoms with van der Waals surface area (Å²) in [7, 11) is 0. The molecule has 0 N–H and O–H groups in total. The molecule has 45 heavy (non-hydrogen) atoms. The Morgan fingerprint density at radius 1 is 0.378 bits per heavy atom. The van der Waals surface area contributed by atoms with Crippen molar-refractivity contribution < 1.29 is 4.42 Å². The van der Waals surface area contributed by atoms with Gasteiger partial charge in [-0.05, 0) is 50.7 Å². The molecule has 0 saturated heterocycles. The smallest absolute Gasteiger partial charge is 0.164 e. The van der Waals surface area contributed by atoms with E-state index in [1.54, 1.807) is 0 Å². The second kappa shape index (κ2) is 9.18. The van der Waals surface area contributed by atoms with E-state index in [-0.39, 0.29) is 0 Å². The van der Waals surface area contributed by atoms with Gasteiger partial charge in [-0.15, -0.1) is 0 Å². The topological polar surface area (TPSA) is 51.8 Å². The molecule has 208 valence electrons. The van der Waals surface area contributed by atoms with Crippen LogP contribution < -0.4 is 0 Å². The van der Waals surface area contributed by atoms with E-state index in [1.165, 1.54) is 43.1 Å². The second-order valence-corrected chi connectivity index (χ2v) is 11.6. The third-order valence-corrected chi connectivity index (χ3v) is 9.03. The normalized spacial score (nSPS) is 12.0. The van der Waals surface area contributed by atoms with Crippen molar-refractivity contribution in [1.29, 1.82) is 0 Å². The van der Waals surface area contributed by atoms with Crippen molar-refractivity contribution in [2.75, 3.05) is 0 Å². The van der Waals surface area contributed by atoms with Crippen molar-refractivity contribution in [3.63, 3.8) is 0 Å². The molecule has 0 unspecified atom stereocenters. The average molecular weight is 574 g/mol. The van der Waals surface area contributed by atoms with Crippen molar-refractivity contribution in [3.05, 3.63) is 140 Å². The Kier molecular flexibility index (Phi) is 4.96. The minimum Gasteiger partial charge on any atom is -0.455 e. The third kappa shape index (κ3) is 3.57. The second-order valence-electron chi connectivity index (χ2n) is 11.6. The van der Waals surface area contributed by atoms with Crippen LogP contribution in [0.3, 0.4) is 0 Å². The van der Waals surface area contributed by atoms with E-state index in [9.17, 15) is 0 Å². The molecule has 0 radical (unpaired) electrons. The van der Waals surface area contributed by atoms with Crippen LogP contribution in [0.5, 0.6) is 0 Å². The Labute approximate surface area is 257 Å². The summed E-state index contributed by atoms with van der Waals surface area (Å²) in [6.45, 7) is 0. The van der Waals surface area contributed by atoms with E-state index in [1.807, 2.05) is 60.7 Å². The quantitative estimate of drug-likeness (QED) is 0.155. The summed E-state index contributed by atoms with van der Waals surface area (Å²) >= 11 is 0. The summed E-state index contributed by atoms with van der Waals surface area (Å²) in [5.41, 5.74) is 6.74. The van der Waals surface area contributed by atoms with Gasteiger partial charge in [0.25, 0.3) is 0 Å². The average Bonchev–Trinajstić information content (AvgIpc) is 3.52. The minimum atomic E-state index is 0.630. The van der Waals surface area contributed by atoms with Gasteiger partial charge in [0.2, 0.25) is 0 Å². The van der Waals surface area contributed by atoms with Crippen molar-refractivity contribution in [3.8, 4) is 45.3 Å². The molecule has 8 aromatic carbocycles. The maximum Gasteiger partial charge on any atom is 0.164 e. The Balaban J connectivity index is 1.20. The lowest BCUT2D eigenvalue weighted by Crippen LogP contribution is -2.00. The highest BCUT2D eigenvalue weighted by molar-refractivity contribution is 6.40. The highest BCUT2D eigenvalue weighted by atomic mass is 16.3. The van der Waals surface area contributed by atoms with Gasteiger partial charge in [-0.3, -0.25) is 0 Å². The highest BCUT2D eigenvalue weighted by Crippen LogP contribution is 2.48. The first-order valence-corrected chi connectivity index (χ1v) is 15.1. The molecule has 4 heteroatoms.